The molecule has 0 radical (unpaired) electrons. The number of likely N-dealkylation sites (N-methyl/N-ethyl adjacent to an activating group) is 1. The second kappa shape index (κ2) is 10.2. The maximum absolute atomic E-state index is 14.4. The molecule has 3 heterocycles. The molecule has 0 amide bonds. The van der Waals surface area contributed by atoms with Crippen LogP contribution in [-0.4, -0.2) is 41.9 Å². The second-order valence-corrected chi connectivity index (χ2v) is 9.37. The lowest BCUT2D eigenvalue weighted by molar-refractivity contribution is 0.101. The SMILES string of the molecule is CNC1CCN(c2ccc(Nc3c(C(C)=O)cnc4ccc(-c5cc(F)c(N=O)c(Cl)c5)cc34)cn2)C1. The van der Waals surface area contributed by atoms with E-state index >= 15 is 0 Å². The molecule has 0 aliphatic carbocycles. The molecule has 1 atom stereocenters. The van der Waals surface area contributed by atoms with Gasteiger partial charge in [0.2, 0.25) is 0 Å². The summed E-state index contributed by atoms with van der Waals surface area (Å²) in [6, 6.07) is 12.4. The molecular formula is C27H24ClFN6O2. The summed E-state index contributed by atoms with van der Waals surface area (Å²) in [6.45, 7) is 3.31. The van der Waals surface area contributed by atoms with E-state index in [-0.39, 0.29) is 10.8 Å². The number of hydrogen-bond acceptors (Lipinski definition) is 8. The molecule has 188 valence electrons. The lowest BCUT2D eigenvalue weighted by atomic mass is 10.00. The molecule has 1 saturated heterocycles. The number of anilines is 3. The molecule has 0 saturated carbocycles. The molecule has 1 fully saturated rings. The minimum atomic E-state index is -0.809. The van der Waals surface area contributed by atoms with Gasteiger partial charge in [0.15, 0.2) is 17.3 Å². The summed E-state index contributed by atoms with van der Waals surface area (Å²) >= 11 is 6.07. The molecule has 2 aromatic carbocycles. The number of Topliss-reactive ketones (excluding diaryl/α,β-unsaturated/α-hetero) is 1. The molecule has 37 heavy (non-hydrogen) atoms. The van der Waals surface area contributed by atoms with E-state index in [1.54, 1.807) is 24.4 Å². The van der Waals surface area contributed by atoms with Gasteiger partial charge in [-0.25, -0.2) is 9.37 Å². The van der Waals surface area contributed by atoms with E-state index in [1.165, 1.54) is 25.3 Å². The Kier molecular flexibility index (Phi) is 6.82. The van der Waals surface area contributed by atoms with Crippen molar-refractivity contribution in [2.75, 3.05) is 30.4 Å². The van der Waals surface area contributed by atoms with Crippen LogP contribution in [0.2, 0.25) is 5.02 Å². The van der Waals surface area contributed by atoms with Gasteiger partial charge in [0.25, 0.3) is 0 Å². The van der Waals surface area contributed by atoms with Crippen LogP contribution >= 0.6 is 11.6 Å². The highest BCUT2D eigenvalue weighted by Gasteiger charge is 2.22. The highest BCUT2D eigenvalue weighted by Crippen LogP contribution is 2.37. The molecule has 10 heteroatoms. The third-order valence-corrected chi connectivity index (χ3v) is 6.91. The molecular weight excluding hydrogens is 495 g/mol. The molecule has 2 aromatic heterocycles. The van der Waals surface area contributed by atoms with E-state index in [4.69, 9.17) is 11.6 Å². The minimum absolute atomic E-state index is 0.0794. The summed E-state index contributed by atoms with van der Waals surface area (Å²) in [4.78, 5) is 34.7. The molecule has 5 rings (SSSR count). The number of carbonyl (C=O) groups excluding carboxylic acids is 1. The number of pyridine rings is 2. The first-order valence-corrected chi connectivity index (χ1v) is 12.2. The average molecular weight is 519 g/mol. The van der Waals surface area contributed by atoms with Crippen molar-refractivity contribution >= 4 is 51.2 Å². The molecule has 0 spiro atoms. The van der Waals surface area contributed by atoms with Gasteiger partial charge in [-0.15, -0.1) is 4.91 Å². The van der Waals surface area contributed by atoms with Gasteiger partial charge in [0, 0.05) is 30.7 Å². The zero-order chi connectivity index (χ0) is 26.1. The van der Waals surface area contributed by atoms with E-state index in [2.05, 4.69) is 30.7 Å². The van der Waals surface area contributed by atoms with Crippen LogP contribution in [0.1, 0.15) is 23.7 Å². The topological polar surface area (TPSA) is 99.6 Å². The van der Waals surface area contributed by atoms with Crippen LogP contribution < -0.4 is 15.5 Å². The first kappa shape index (κ1) is 24.7. The lowest BCUT2D eigenvalue weighted by Gasteiger charge is -2.18. The lowest BCUT2D eigenvalue weighted by Crippen LogP contribution is -2.29. The summed E-state index contributed by atoms with van der Waals surface area (Å²) in [5.74, 6) is -0.0709. The predicted molar refractivity (Wildman–Crippen MR) is 145 cm³/mol. The molecule has 2 N–H and O–H groups in total. The molecule has 1 aliphatic heterocycles. The van der Waals surface area contributed by atoms with Crippen LogP contribution in [-0.2, 0) is 0 Å². The Bertz CT molecular complexity index is 1490. The Morgan fingerprint density at radius 3 is 2.62 bits per heavy atom. The highest BCUT2D eigenvalue weighted by atomic mass is 35.5. The van der Waals surface area contributed by atoms with Crippen molar-refractivity contribution in [2.24, 2.45) is 5.18 Å². The predicted octanol–water partition coefficient (Wildman–Crippen LogP) is 6.23. The Balaban J connectivity index is 1.53. The monoisotopic (exact) mass is 518 g/mol. The highest BCUT2D eigenvalue weighted by molar-refractivity contribution is 6.33. The first-order valence-electron chi connectivity index (χ1n) is 11.8. The van der Waals surface area contributed by atoms with Crippen LogP contribution in [0.25, 0.3) is 22.0 Å². The summed E-state index contributed by atoms with van der Waals surface area (Å²) in [5.41, 5.74) is 3.02. The minimum Gasteiger partial charge on any atom is -0.355 e. The van der Waals surface area contributed by atoms with Gasteiger partial charge in [-0.05, 0) is 73.1 Å². The van der Waals surface area contributed by atoms with Gasteiger partial charge < -0.3 is 15.5 Å². The van der Waals surface area contributed by atoms with E-state index in [0.29, 0.717) is 45.0 Å². The van der Waals surface area contributed by atoms with Crippen molar-refractivity contribution in [3.8, 4) is 11.1 Å². The Labute approximate surface area is 217 Å². The number of aromatic nitrogens is 2. The Hall–Kier alpha value is -3.95. The smallest absolute Gasteiger partial charge is 0.163 e. The summed E-state index contributed by atoms with van der Waals surface area (Å²) in [6.07, 6.45) is 4.34. The van der Waals surface area contributed by atoms with Gasteiger partial charge in [0.05, 0.1) is 33.7 Å². The van der Waals surface area contributed by atoms with Gasteiger partial charge in [-0.1, -0.05) is 17.7 Å². The van der Waals surface area contributed by atoms with Crippen LogP contribution in [0.5, 0.6) is 0 Å². The van der Waals surface area contributed by atoms with Crippen molar-refractivity contribution in [3.05, 3.63) is 76.2 Å². The summed E-state index contributed by atoms with van der Waals surface area (Å²) in [5, 5.41) is 9.89. The van der Waals surface area contributed by atoms with Crippen LogP contribution in [0.3, 0.4) is 0 Å². The standard InChI is InChI=1S/C27H24ClFN6O2/c1-15(36)21-13-31-24-5-3-16(17-10-22(28)27(34-37)23(29)11-17)9-20(24)26(21)33-18-4-6-25(32-12-18)35-8-7-19(14-35)30-2/h3-6,9-13,19,30H,7-8,14H2,1-2H3,(H,31,33). The summed E-state index contributed by atoms with van der Waals surface area (Å²) < 4.78 is 14.4. The number of benzene rings is 2. The summed E-state index contributed by atoms with van der Waals surface area (Å²) in [7, 11) is 1.97. The number of hydrogen-bond donors (Lipinski definition) is 2. The van der Waals surface area contributed by atoms with E-state index < -0.39 is 11.5 Å². The molecule has 8 nitrogen and oxygen atoms in total. The van der Waals surface area contributed by atoms with Gasteiger partial charge in [0.1, 0.15) is 5.82 Å². The van der Waals surface area contributed by atoms with Crippen molar-refractivity contribution in [3.63, 3.8) is 0 Å². The number of halogens is 2. The Morgan fingerprint density at radius 1 is 1.14 bits per heavy atom. The Morgan fingerprint density at radius 2 is 1.97 bits per heavy atom. The fourth-order valence-corrected chi connectivity index (χ4v) is 4.83. The van der Waals surface area contributed by atoms with E-state index in [0.717, 1.165) is 25.3 Å². The average Bonchev–Trinajstić information content (AvgIpc) is 3.38. The van der Waals surface area contributed by atoms with Crippen LogP contribution in [0.15, 0.2) is 60.0 Å². The van der Waals surface area contributed by atoms with Crippen molar-refractivity contribution in [2.45, 2.75) is 19.4 Å². The number of fused-ring (bicyclic) bond motifs is 1. The van der Waals surface area contributed by atoms with Gasteiger partial charge in [-0.3, -0.25) is 9.78 Å². The fraction of sp³-hybridized carbons (Fsp3) is 0.222. The van der Waals surface area contributed by atoms with Crippen molar-refractivity contribution in [1.29, 1.82) is 0 Å². The molecule has 4 aromatic rings. The van der Waals surface area contributed by atoms with Crippen molar-refractivity contribution in [1.82, 2.24) is 15.3 Å². The number of rotatable bonds is 7. The fourth-order valence-electron chi connectivity index (χ4n) is 4.59. The third kappa shape index (κ3) is 4.87. The third-order valence-electron chi connectivity index (χ3n) is 6.63. The van der Waals surface area contributed by atoms with Crippen LogP contribution in [0, 0.1) is 10.7 Å². The number of nitrogens with one attached hydrogen (secondary N) is 2. The second-order valence-electron chi connectivity index (χ2n) is 8.97. The maximum atomic E-state index is 14.4. The molecule has 1 aliphatic rings. The quantitative estimate of drug-likeness (QED) is 0.221. The zero-order valence-corrected chi connectivity index (χ0v) is 21.0. The maximum Gasteiger partial charge on any atom is 0.163 e. The zero-order valence-electron chi connectivity index (χ0n) is 20.3. The van der Waals surface area contributed by atoms with Crippen molar-refractivity contribution < 1.29 is 9.18 Å². The molecule has 0 bridgehead atoms. The van der Waals surface area contributed by atoms with Gasteiger partial charge in [-0.2, -0.15) is 0 Å². The van der Waals surface area contributed by atoms with E-state index in [9.17, 15) is 14.1 Å². The number of carbonyl (C=O) groups is 1. The number of nitrogens with zero attached hydrogens (tertiary/aromatic N) is 4. The van der Waals surface area contributed by atoms with Crippen LogP contribution in [0.4, 0.5) is 27.3 Å². The van der Waals surface area contributed by atoms with Gasteiger partial charge >= 0.3 is 0 Å². The first-order chi connectivity index (χ1) is 17.9. The largest absolute Gasteiger partial charge is 0.355 e. The number of ketones is 1. The van der Waals surface area contributed by atoms with E-state index in [1.807, 2.05) is 19.2 Å². The number of nitroso groups, excluding NO2 is 1. The molecule has 1 unspecified atom stereocenters. The normalized spacial score (nSPS) is 15.2.